The topological polar surface area (TPSA) is 145 Å². The van der Waals surface area contributed by atoms with E-state index in [2.05, 4.69) is 15.4 Å². The van der Waals surface area contributed by atoms with E-state index < -0.39 is 59.2 Å². The number of rotatable bonds is 13. The minimum absolute atomic E-state index is 0.0774. The molecule has 194 valence electrons. The molecule has 0 unspecified atom stereocenters. The lowest BCUT2D eigenvalue weighted by Crippen LogP contribution is -2.45. The van der Waals surface area contributed by atoms with Crippen molar-refractivity contribution in [3.05, 3.63) is 0 Å². The normalized spacial score (nSPS) is 15.7. The van der Waals surface area contributed by atoms with E-state index in [0.29, 0.717) is 0 Å². The van der Waals surface area contributed by atoms with E-state index >= 15 is 0 Å². The van der Waals surface area contributed by atoms with Crippen LogP contribution in [0, 0.1) is 17.8 Å². The summed E-state index contributed by atoms with van der Waals surface area (Å²) in [5.41, 5.74) is -0.658. The Labute approximate surface area is 201 Å². The first-order valence-corrected chi connectivity index (χ1v) is 11.4. The van der Waals surface area contributed by atoms with Gasteiger partial charge in [0, 0.05) is 24.7 Å². The average Bonchev–Trinajstić information content (AvgIpc) is 2.70. The van der Waals surface area contributed by atoms with Crippen LogP contribution in [0.3, 0.4) is 0 Å². The molecule has 2 amide bonds. The van der Waals surface area contributed by atoms with Gasteiger partial charge in [0.15, 0.2) is 11.6 Å². The molecule has 0 aromatic carbocycles. The number of Topliss-reactive ketones (excluding diaryl/α,β-unsaturated/α-hetero) is 2. The molecule has 0 radical (unpaired) electrons. The first-order valence-electron chi connectivity index (χ1n) is 11.4. The van der Waals surface area contributed by atoms with Gasteiger partial charge in [-0.2, -0.15) is 0 Å². The van der Waals surface area contributed by atoms with Crippen molar-refractivity contribution < 1.29 is 38.2 Å². The van der Waals surface area contributed by atoms with Gasteiger partial charge in [-0.05, 0) is 34.6 Å². The molecule has 0 bridgehead atoms. The van der Waals surface area contributed by atoms with E-state index in [9.17, 15) is 28.8 Å². The number of carbonyl (C=O) groups is 6. The molecule has 0 aliphatic rings. The number of methoxy groups -OCH3 is 1. The van der Waals surface area contributed by atoms with Crippen LogP contribution in [0.4, 0.5) is 0 Å². The lowest BCUT2D eigenvalue weighted by Gasteiger charge is -2.22. The van der Waals surface area contributed by atoms with Crippen LogP contribution in [0.5, 0.6) is 0 Å². The zero-order valence-corrected chi connectivity index (χ0v) is 21.8. The molecule has 10 heteroatoms. The first kappa shape index (κ1) is 31.2. The molecule has 0 aliphatic carbocycles. The molecule has 0 heterocycles. The van der Waals surface area contributed by atoms with Crippen LogP contribution >= 0.6 is 0 Å². The van der Waals surface area contributed by atoms with Gasteiger partial charge < -0.3 is 20.1 Å². The highest BCUT2D eigenvalue weighted by Crippen LogP contribution is 2.13. The smallest absolute Gasteiger partial charge is 0.308 e. The summed E-state index contributed by atoms with van der Waals surface area (Å²) in [6, 6.07) is -1.69. The molecule has 10 nitrogen and oxygen atoms in total. The molecular formula is C24H40N2O8. The van der Waals surface area contributed by atoms with Crippen molar-refractivity contribution in [1.29, 1.82) is 0 Å². The fourth-order valence-corrected chi connectivity index (χ4v) is 2.93. The van der Waals surface area contributed by atoms with E-state index in [1.54, 1.807) is 41.5 Å². The average molecular weight is 485 g/mol. The van der Waals surface area contributed by atoms with E-state index in [4.69, 9.17) is 4.74 Å². The van der Waals surface area contributed by atoms with Crippen LogP contribution < -0.4 is 10.6 Å². The Bertz CT molecular complexity index is 771. The van der Waals surface area contributed by atoms with Gasteiger partial charge in [-0.15, -0.1) is 0 Å². The summed E-state index contributed by atoms with van der Waals surface area (Å²) in [5.74, 6) is -4.73. The van der Waals surface area contributed by atoms with Gasteiger partial charge in [0.05, 0.1) is 31.5 Å². The van der Waals surface area contributed by atoms with Gasteiger partial charge in [-0.25, -0.2) is 0 Å². The van der Waals surface area contributed by atoms with Crippen molar-refractivity contribution in [2.75, 3.05) is 7.11 Å². The van der Waals surface area contributed by atoms with Gasteiger partial charge >= 0.3 is 11.9 Å². The van der Waals surface area contributed by atoms with E-state index in [1.807, 2.05) is 0 Å². The van der Waals surface area contributed by atoms with E-state index in [-0.39, 0.29) is 30.8 Å². The Kier molecular flexibility index (Phi) is 12.7. The maximum Gasteiger partial charge on any atom is 0.308 e. The van der Waals surface area contributed by atoms with E-state index in [1.165, 1.54) is 21.0 Å². The van der Waals surface area contributed by atoms with Gasteiger partial charge in [0.25, 0.3) is 0 Å². The lowest BCUT2D eigenvalue weighted by molar-refractivity contribution is -0.157. The summed E-state index contributed by atoms with van der Waals surface area (Å²) >= 11 is 0. The monoisotopic (exact) mass is 484 g/mol. The molecule has 0 aliphatic heterocycles. The summed E-state index contributed by atoms with van der Waals surface area (Å²) in [6.45, 7) is 12.9. The Morgan fingerprint density at radius 1 is 0.676 bits per heavy atom. The van der Waals surface area contributed by atoms with Crippen LogP contribution in [-0.2, 0) is 38.2 Å². The molecular weight excluding hydrogens is 444 g/mol. The molecule has 0 fully saturated rings. The number of ether oxygens (including phenoxy) is 2. The number of carbonyl (C=O) groups excluding carboxylic acids is 6. The molecule has 0 spiro atoms. The van der Waals surface area contributed by atoms with Crippen LogP contribution in [0.25, 0.3) is 0 Å². The van der Waals surface area contributed by atoms with Crippen molar-refractivity contribution in [2.24, 2.45) is 17.8 Å². The summed E-state index contributed by atoms with van der Waals surface area (Å²) in [6.07, 6.45) is -0.345. The standard InChI is InChI=1S/C24H40N2O8/c1-13(21(30)25-17(5)19(28)11-15(3)23(32)33-9)10-18(27)16(4)26-22(31)14(2)12-20(29)34-24(6,7)8/h13-17H,10-12H2,1-9H3,(H,25,30)(H,26,31)/t13-,14-,15-,16+,17+/m1/s1. The fraction of sp³-hybridized carbons (Fsp3) is 0.750. The number of hydrogen-bond donors (Lipinski definition) is 2. The lowest BCUT2D eigenvalue weighted by atomic mass is 9.97. The number of hydrogen-bond acceptors (Lipinski definition) is 8. The molecule has 5 atom stereocenters. The molecule has 0 rings (SSSR count). The predicted molar refractivity (Wildman–Crippen MR) is 124 cm³/mol. The zero-order valence-electron chi connectivity index (χ0n) is 21.8. The Morgan fingerprint density at radius 2 is 1.06 bits per heavy atom. The summed E-state index contributed by atoms with van der Waals surface area (Å²) in [4.78, 5) is 72.8. The highest BCUT2D eigenvalue weighted by atomic mass is 16.6. The zero-order chi connectivity index (χ0) is 26.8. The molecule has 34 heavy (non-hydrogen) atoms. The minimum atomic E-state index is -0.858. The Hall–Kier alpha value is -2.78. The van der Waals surface area contributed by atoms with E-state index in [0.717, 1.165) is 0 Å². The van der Waals surface area contributed by atoms with Crippen molar-refractivity contribution in [3.63, 3.8) is 0 Å². The third-order valence-corrected chi connectivity index (χ3v) is 5.09. The van der Waals surface area contributed by atoms with Gasteiger partial charge in [-0.3, -0.25) is 28.8 Å². The minimum Gasteiger partial charge on any atom is -0.469 e. The second kappa shape index (κ2) is 13.8. The molecule has 0 aromatic heterocycles. The van der Waals surface area contributed by atoms with Crippen LogP contribution in [-0.4, -0.2) is 60.1 Å². The largest absolute Gasteiger partial charge is 0.469 e. The Morgan fingerprint density at radius 3 is 1.44 bits per heavy atom. The number of ketones is 2. The maximum atomic E-state index is 12.5. The van der Waals surface area contributed by atoms with Crippen molar-refractivity contribution in [2.45, 2.75) is 92.3 Å². The van der Waals surface area contributed by atoms with Gasteiger partial charge in [0.1, 0.15) is 5.60 Å². The highest BCUT2D eigenvalue weighted by Gasteiger charge is 2.28. The molecule has 0 saturated carbocycles. The molecule has 2 N–H and O–H groups in total. The van der Waals surface area contributed by atoms with Crippen molar-refractivity contribution >= 4 is 35.3 Å². The quantitative estimate of drug-likeness (QED) is 0.376. The molecule has 0 aromatic rings. The number of esters is 2. The summed E-state index contributed by atoms with van der Waals surface area (Å²) < 4.78 is 9.79. The third kappa shape index (κ3) is 11.9. The number of nitrogens with one attached hydrogen (secondary N) is 2. The van der Waals surface area contributed by atoms with Crippen LogP contribution in [0.1, 0.15) is 74.7 Å². The van der Waals surface area contributed by atoms with Crippen molar-refractivity contribution in [1.82, 2.24) is 10.6 Å². The van der Waals surface area contributed by atoms with Crippen LogP contribution in [0.15, 0.2) is 0 Å². The SMILES string of the molecule is COC(=O)[C@H](C)CC(=O)[C@H](C)NC(=O)[C@H](C)CC(=O)[C@H](C)NC(=O)[C@H](C)CC(=O)OC(C)(C)C. The van der Waals surface area contributed by atoms with Crippen LogP contribution in [0.2, 0.25) is 0 Å². The van der Waals surface area contributed by atoms with Crippen molar-refractivity contribution in [3.8, 4) is 0 Å². The Balaban J connectivity index is 4.66. The first-order chi connectivity index (χ1) is 15.5. The summed E-state index contributed by atoms with van der Waals surface area (Å²) in [7, 11) is 1.23. The third-order valence-electron chi connectivity index (χ3n) is 5.09. The highest BCUT2D eigenvalue weighted by molar-refractivity contribution is 5.95. The number of amides is 2. The van der Waals surface area contributed by atoms with Gasteiger partial charge in [-0.1, -0.05) is 20.8 Å². The summed E-state index contributed by atoms with van der Waals surface area (Å²) in [5, 5.41) is 5.12. The molecule has 0 saturated heterocycles. The second-order valence-corrected chi connectivity index (χ2v) is 9.82. The van der Waals surface area contributed by atoms with Gasteiger partial charge in [0.2, 0.25) is 11.8 Å². The second-order valence-electron chi connectivity index (χ2n) is 9.82. The maximum absolute atomic E-state index is 12.5. The fourth-order valence-electron chi connectivity index (χ4n) is 2.93. The predicted octanol–water partition coefficient (Wildman–Crippen LogP) is 1.73.